The van der Waals surface area contributed by atoms with Gasteiger partial charge in [0, 0.05) is 19.2 Å². The van der Waals surface area contributed by atoms with E-state index in [4.69, 9.17) is 9.15 Å². The number of nitrogens with one attached hydrogen (secondary N) is 1. The number of amides is 1. The predicted molar refractivity (Wildman–Crippen MR) is 85.2 cm³/mol. The molecule has 2 aromatic rings. The van der Waals surface area contributed by atoms with Gasteiger partial charge in [-0.1, -0.05) is 6.07 Å². The highest BCUT2D eigenvalue weighted by atomic mass is 19.1. The van der Waals surface area contributed by atoms with Crippen LogP contribution in [0.2, 0.25) is 0 Å². The highest BCUT2D eigenvalue weighted by molar-refractivity contribution is 5.91. The number of likely N-dealkylation sites (tertiary alicyclic amines) is 1. The minimum absolute atomic E-state index is 0.0319. The molecule has 1 aliphatic rings. The Labute approximate surface area is 139 Å². The molecule has 2 heterocycles. The fourth-order valence-electron chi connectivity index (χ4n) is 2.70. The fraction of sp³-hybridized carbons (Fsp3) is 0.412. The number of oxazole rings is 1. The molecule has 1 aromatic heterocycles. The molecular formula is C17H20FN3O3. The van der Waals surface area contributed by atoms with Crippen LogP contribution < -0.4 is 10.1 Å². The van der Waals surface area contributed by atoms with E-state index >= 15 is 0 Å². The van der Waals surface area contributed by atoms with Gasteiger partial charge in [0.2, 0.25) is 5.89 Å². The topological polar surface area (TPSA) is 67.6 Å². The lowest BCUT2D eigenvalue weighted by atomic mass is 10.1. The van der Waals surface area contributed by atoms with Crippen molar-refractivity contribution >= 4 is 5.91 Å². The van der Waals surface area contributed by atoms with Crippen LogP contribution in [-0.4, -0.2) is 42.5 Å². The molecule has 0 spiro atoms. The van der Waals surface area contributed by atoms with Crippen LogP contribution in [0.1, 0.15) is 22.8 Å². The van der Waals surface area contributed by atoms with Crippen LogP contribution in [0.15, 0.2) is 34.9 Å². The van der Waals surface area contributed by atoms with Crippen LogP contribution in [0.25, 0.3) is 0 Å². The Balaban J connectivity index is 1.48. The lowest BCUT2D eigenvalue weighted by Gasteiger charge is -2.10. The summed E-state index contributed by atoms with van der Waals surface area (Å²) in [4.78, 5) is 18.4. The SMILES string of the molecule is CN1CCC(CNC(=O)c2coc(COc3cccc(F)c3)n2)C1. The van der Waals surface area contributed by atoms with Crippen molar-refractivity contribution < 1.29 is 18.3 Å². The molecule has 1 saturated heterocycles. The summed E-state index contributed by atoms with van der Waals surface area (Å²) in [6, 6.07) is 5.80. The van der Waals surface area contributed by atoms with E-state index in [9.17, 15) is 9.18 Å². The van der Waals surface area contributed by atoms with Crippen LogP contribution >= 0.6 is 0 Å². The summed E-state index contributed by atoms with van der Waals surface area (Å²) < 4.78 is 23.7. The average Bonchev–Trinajstić information content (AvgIpc) is 3.20. The van der Waals surface area contributed by atoms with E-state index in [1.54, 1.807) is 12.1 Å². The zero-order valence-electron chi connectivity index (χ0n) is 13.5. The largest absolute Gasteiger partial charge is 0.484 e. The molecule has 3 rings (SSSR count). The highest BCUT2D eigenvalue weighted by Gasteiger charge is 2.21. The monoisotopic (exact) mass is 333 g/mol. The van der Waals surface area contributed by atoms with E-state index in [-0.39, 0.29) is 29.9 Å². The van der Waals surface area contributed by atoms with Gasteiger partial charge in [-0.05, 0) is 38.1 Å². The van der Waals surface area contributed by atoms with Gasteiger partial charge < -0.3 is 19.4 Å². The second-order valence-corrected chi connectivity index (χ2v) is 6.00. The Kier molecular flexibility index (Phi) is 5.10. The van der Waals surface area contributed by atoms with E-state index in [0.717, 1.165) is 19.5 Å². The first-order chi connectivity index (χ1) is 11.6. The van der Waals surface area contributed by atoms with Gasteiger partial charge in [-0.3, -0.25) is 4.79 Å². The van der Waals surface area contributed by atoms with E-state index in [1.807, 2.05) is 0 Å². The number of halogens is 1. The van der Waals surface area contributed by atoms with Crippen LogP contribution in [0.5, 0.6) is 5.75 Å². The van der Waals surface area contributed by atoms with Crippen LogP contribution in [0, 0.1) is 11.7 Å². The van der Waals surface area contributed by atoms with Gasteiger partial charge in [0.15, 0.2) is 12.3 Å². The van der Waals surface area contributed by atoms with Gasteiger partial charge in [0.1, 0.15) is 17.8 Å². The number of ether oxygens (including phenoxy) is 1. The number of hydrogen-bond acceptors (Lipinski definition) is 5. The van der Waals surface area contributed by atoms with Crippen molar-refractivity contribution in [3.8, 4) is 5.75 Å². The standard InChI is InChI=1S/C17H20FN3O3/c1-21-6-5-12(9-21)8-19-17(22)15-10-24-16(20-15)11-23-14-4-2-3-13(18)7-14/h2-4,7,10,12H,5-6,8-9,11H2,1H3,(H,19,22). The van der Waals surface area contributed by atoms with Gasteiger partial charge in [0.25, 0.3) is 5.91 Å². The van der Waals surface area contributed by atoms with Crippen molar-refractivity contribution in [2.45, 2.75) is 13.0 Å². The first-order valence-electron chi connectivity index (χ1n) is 7.89. The maximum absolute atomic E-state index is 13.1. The summed E-state index contributed by atoms with van der Waals surface area (Å²) in [5.74, 6) is 0.485. The minimum atomic E-state index is -0.377. The molecule has 24 heavy (non-hydrogen) atoms. The Morgan fingerprint density at radius 1 is 1.54 bits per heavy atom. The summed E-state index contributed by atoms with van der Waals surface area (Å²) in [6.45, 7) is 2.72. The zero-order valence-corrected chi connectivity index (χ0v) is 13.5. The molecule has 0 saturated carbocycles. The molecule has 0 bridgehead atoms. The molecule has 0 aliphatic carbocycles. The van der Waals surface area contributed by atoms with Gasteiger partial charge in [-0.15, -0.1) is 0 Å². The summed E-state index contributed by atoms with van der Waals surface area (Å²) in [5, 5.41) is 2.88. The van der Waals surface area contributed by atoms with E-state index < -0.39 is 0 Å². The lowest BCUT2D eigenvalue weighted by Crippen LogP contribution is -2.30. The molecule has 1 N–H and O–H groups in total. The normalized spacial score (nSPS) is 17.8. The summed E-state index contributed by atoms with van der Waals surface area (Å²) in [6.07, 6.45) is 2.39. The molecule has 0 radical (unpaired) electrons. The molecular weight excluding hydrogens is 313 g/mol. The second kappa shape index (κ2) is 7.44. The molecule has 6 nitrogen and oxygen atoms in total. The Hall–Kier alpha value is -2.41. The van der Waals surface area contributed by atoms with Crippen molar-refractivity contribution in [3.05, 3.63) is 47.9 Å². The first-order valence-corrected chi connectivity index (χ1v) is 7.89. The highest BCUT2D eigenvalue weighted by Crippen LogP contribution is 2.15. The third-order valence-corrected chi connectivity index (χ3v) is 3.98. The van der Waals surface area contributed by atoms with Crippen molar-refractivity contribution in [1.29, 1.82) is 0 Å². The molecule has 128 valence electrons. The number of carbonyl (C=O) groups is 1. The van der Waals surface area contributed by atoms with Gasteiger partial charge in [-0.25, -0.2) is 9.37 Å². The smallest absolute Gasteiger partial charge is 0.273 e. The zero-order chi connectivity index (χ0) is 16.9. The molecule has 1 atom stereocenters. The van der Waals surface area contributed by atoms with Crippen molar-refractivity contribution in [2.75, 3.05) is 26.7 Å². The van der Waals surface area contributed by atoms with Crippen LogP contribution in [-0.2, 0) is 6.61 Å². The quantitative estimate of drug-likeness (QED) is 0.876. The minimum Gasteiger partial charge on any atom is -0.484 e. The number of carbonyl (C=O) groups excluding carboxylic acids is 1. The number of benzene rings is 1. The first kappa shape index (κ1) is 16.4. The number of hydrogen-bond donors (Lipinski definition) is 1. The fourth-order valence-corrected chi connectivity index (χ4v) is 2.70. The van der Waals surface area contributed by atoms with Crippen LogP contribution in [0.4, 0.5) is 4.39 Å². The van der Waals surface area contributed by atoms with Gasteiger partial charge >= 0.3 is 0 Å². The predicted octanol–water partition coefficient (Wildman–Crippen LogP) is 2.07. The lowest BCUT2D eigenvalue weighted by molar-refractivity contribution is 0.0942. The van der Waals surface area contributed by atoms with E-state index in [0.29, 0.717) is 18.2 Å². The average molecular weight is 333 g/mol. The maximum Gasteiger partial charge on any atom is 0.273 e. The summed E-state index contributed by atoms with van der Waals surface area (Å²) in [5.41, 5.74) is 0.221. The van der Waals surface area contributed by atoms with Crippen molar-refractivity contribution in [3.63, 3.8) is 0 Å². The van der Waals surface area contributed by atoms with Crippen molar-refractivity contribution in [2.24, 2.45) is 5.92 Å². The Morgan fingerprint density at radius 3 is 3.17 bits per heavy atom. The molecule has 1 aromatic carbocycles. The third kappa shape index (κ3) is 4.32. The summed E-state index contributed by atoms with van der Waals surface area (Å²) >= 11 is 0. The number of nitrogens with zero attached hydrogens (tertiary/aromatic N) is 2. The third-order valence-electron chi connectivity index (χ3n) is 3.98. The van der Waals surface area contributed by atoms with Crippen molar-refractivity contribution in [1.82, 2.24) is 15.2 Å². The molecule has 1 unspecified atom stereocenters. The number of aromatic nitrogens is 1. The molecule has 1 fully saturated rings. The second-order valence-electron chi connectivity index (χ2n) is 6.00. The Morgan fingerprint density at radius 2 is 2.42 bits per heavy atom. The molecule has 1 amide bonds. The van der Waals surface area contributed by atoms with Crippen LogP contribution in [0.3, 0.4) is 0 Å². The van der Waals surface area contributed by atoms with Gasteiger partial charge in [-0.2, -0.15) is 0 Å². The van der Waals surface area contributed by atoms with Gasteiger partial charge in [0.05, 0.1) is 0 Å². The van der Waals surface area contributed by atoms with E-state index in [1.165, 1.54) is 18.4 Å². The molecule has 7 heteroatoms. The summed E-state index contributed by atoms with van der Waals surface area (Å²) in [7, 11) is 2.07. The van der Waals surface area contributed by atoms with E-state index in [2.05, 4.69) is 22.2 Å². The maximum atomic E-state index is 13.1. The molecule has 1 aliphatic heterocycles. The Bertz CT molecular complexity index is 704. The number of rotatable bonds is 6.